The number of para-hydroxylation sites is 1. The van der Waals surface area contributed by atoms with Crippen LogP contribution in [0.5, 0.6) is 5.75 Å². The van der Waals surface area contributed by atoms with Gasteiger partial charge in [-0.2, -0.15) is 9.61 Å². The molecule has 3 rings (SSSR count). The second kappa shape index (κ2) is 4.94. The maximum Gasteiger partial charge on any atom is 0.234 e. The maximum atomic E-state index is 5.81. The molecule has 0 aliphatic heterocycles. The quantitative estimate of drug-likeness (QED) is 0.785. The third-order valence-corrected chi connectivity index (χ3v) is 3.67. The molecule has 2 N–H and O–H groups in total. The van der Waals surface area contributed by atoms with E-state index in [0.29, 0.717) is 12.4 Å². The van der Waals surface area contributed by atoms with E-state index < -0.39 is 0 Å². The molecule has 2 heterocycles. The second-order valence-electron chi connectivity index (χ2n) is 4.14. The molecule has 0 radical (unpaired) electrons. The number of nitrogens with two attached hydrogens (primary N) is 1. The highest BCUT2D eigenvalue weighted by Gasteiger charge is 2.14. The predicted molar refractivity (Wildman–Crippen MR) is 72.0 cm³/mol. The van der Waals surface area contributed by atoms with Gasteiger partial charge in [0.2, 0.25) is 4.96 Å². The van der Waals surface area contributed by atoms with Gasteiger partial charge in [-0.25, -0.2) is 0 Å². The van der Waals surface area contributed by atoms with Crippen molar-refractivity contribution < 1.29 is 4.74 Å². The third kappa shape index (κ3) is 2.42. The van der Waals surface area contributed by atoms with E-state index in [9.17, 15) is 0 Å². The highest BCUT2D eigenvalue weighted by atomic mass is 32.1. The lowest BCUT2D eigenvalue weighted by molar-refractivity contribution is 0.292. The minimum atomic E-state index is -0.102. The molecule has 1 aromatic carbocycles. The number of benzene rings is 1. The van der Waals surface area contributed by atoms with Gasteiger partial charge in [0.15, 0.2) is 5.82 Å². The number of hydrogen-bond donors (Lipinski definition) is 1. The molecule has 0 unspecified atom stereocenters. The van der Waals surface area contributed by atoms with Gasteiger partial charge in [0.05, 0.1) is 6.04 Å². The predicted octanol–water partition coefficient (Wildman–Crippen LogP) is 1.78. The largest absolute Gasteiger partial charge is 0.486 e. The molecule has 1 atom stereocenters. The summed E-state index contributed by atoms with van der Waals surface area (Å²) in [6.45, 7) is 2.22. The van der Waals surface area contributed by atoms with Gasteiger partial charge < -0.3 is 10.5 Å². The monoisotopic (exact) mass is 275 g/mol. The van der Waals surface area contributed by atoms with Gasteiger partial charge in [0, 0.05) is 0 Å². The van der Waals surface area contributed by atoms with E-state index in [1.807, 2.05) is 37.3 Å². The van der Waals surface area contributed by atoms with Crippen molar-refractivity contribution in [3.63, 3.8) is 0 Å². The Morgan fingerprint density at radius 1 is 1.32 bits per heavy atom. The molecule has 6 nitrogen and oxygen atoms in total. The number of aromatic nitrogens is 4. The molecule has 0 bridgehead atoms. The molecular formula is C12H13N5OS. The molecule has 19 heavy (non-hydrogen) atoms. The van der Waals surface area contributed by atoms with E-state index in [1.54, 1.807) is 4.52 Å². The molecule has 0 spiro atoms. The SMILES string of the molecule is C[C@H](N)c1nn2c(COc3ccccc3)nnc2s1. The summed E-state index contributed by atoms with van der Waals surface area (Å²) in [6, 6.07) is 9.48. The van der Waals surface area contributed by atoms with Crippen LogP contribution in [0.3, 0.4) is 0 Å². The van der Waals surface area contributed by atoms with Crippen LogP contribution >= 0.6 is 11.3 Å². The Balaban J connectivity index is 1.81. The highest BCUT2D eigenvalue weighted by Crippen LogP contribution is 2.19. The Bertz CT molecular complexity index is 676. The van der Waals surface area contributed by atoms with Gasteiger partial charge in [0.1, 0.15) is 17.4 Å². The first kappa shape index (κ1) is 12.1. The van der Waals surface area contributed by atoms with E-state index in [2.05, 4.69) is 15.3 Å². The molecule has 0 aliphatic carbocycles. The first-order chi connectivity index (χ1) is 9.24. The molecule has 7 heteroatoms. The minimum absolute atomic E-state index is 0.102. The molecule has 0 amide bonds. The standard InChI is InChI=1S/C12H13N5OS/c1-8(13)11-16-17-10(14-15-12(17)19-11)7-18-9-5-3-2-4-6-9/h2-6,8H,7,13H2,1H3/t8-/m0/s1. The van der Waals surface area contributed by atoms with Crippen LogP contribution in [-0.4, -0.2) is 19.8 Å². The zero-order valence-electron chi connectivity index (χ0n) is 10.4. The summed E-state index contributed by atoms with van der Waals surface area (Å²) >= 11 is 1.45. The molecule has 2 aromatic heterocycles. The summed E-state index contributed by atoms with van der Waals surface area (Å²) in [5.41, 5.74) is 5.81. The van der Waals surface area contributed by atoms with Crippen molar-refractivity contribution in [2.75, 3.05) is 0 Å². The van der Waals surface area contributed by atoms with E-state index in [1.165, 1.54) is 11.3 Å². The topological polar surface area (TPSA) is 78.3 Å². The van der Waals surface area contributed by atoms with Gasteiger partial charge in [-0.15, -0.1) is 10.2 Å². The van der Waals surface area contributed by atoms with Gasteiger partial charge in [-0.05, 0) is 19.1 Å². The number of hydrogen-bond acceptors (Lipinski definition) is 6. The zero-order valence-corrected chi connectivity index (χ0v) is 11.2. The van der Waals surface area contributed by atoms with Crippen molar-refractivity contribution >= 4 is 16.3 Å². The summed E-state index contributed by atoms with van der Waals surface area (Å²) < 4.78 is 7.33. The van der Waals surface area contributed by atoms with Crippen LogP contribution < -0.4 is 10.5 Å². The summed E-state index contributed by atoms with van der Waals surface area (Å²) in [7, 11) is 0. The molecule has 0 aliphatic rings. The van der Waals surface area contributed by atoms with Crippen LogP contribution in [-0.2, 0) is 6.61 Å². The fourth-order valence-electron chi connectivity index (χ4n) is 1.61. The fourth-order valence-corrected chi connectivity index (χ4v) is 2.42. The lowest BCUT2D eigenvalue weighted by Gasteiger charge is -2.03. The zero-order chi connectivity index (χ0) is 13.2. The second-order valence-corrected chi connectivity index (χ2v) is 5.13. The average Bonchev–Trinajstić information content (AvgIpc) is 2.98. The maximum absolute atomic E-state index is 5.81. The highest BCUT2D eigenvalue weighted by molar-refractivity contribution is 7.16. The van der Waals surface area contributed by atoms with Crippen LogP contribution in [0.4, 0.5) is 0 Å². The Kier molecular flexibility index (Phi) is 3.14. The van der Waals surface area contributed by atoms with Crippen LogP contribution in [0, 0.1) is 0 Å². The summed E-state index contributed by atoms with van der Waals surface area (Å²) in [6.07, 6.45) is 0. The van der Waals surface area contributed by atoms with Crippen molar-refractivity contribution in [1.29, 1.82) is 0 Å². The van der Waals surface area contributed by atoms with Crippen molar-refractivity contribution in [2.24, 2.45) is 5.73 Å². The number of nitrogens with zero attached hydrogens (tertiary/aromatic N) is 4. The molecule has 0 saturated heterocycles. The van der Waals surface area contributed by atoms with Crippen LogP contribution in [0.1, 0.15) is 23.8 Å². The van der Waals surface area contributed by atoms with E-state index in [0.717, 1.165) is 15.7 Å². The Hall–Kier alpha value is -1.99. The normalized spacial score (nSPS) is 12.7. The minimum Gasteiger partial charge on any atom is -0.486 e. The first-order valence-electron chi connectivity index (χ1n) is 5.88. The van der Waals surface area contributed by atoms with Gasteiger partial charge in [0.25, 0.3) is 0 Å². The lowest BCUT2D eigenvalue weighted by atomic mass is 10.3. The van der Waals surface area contributed by atoms with Crippen molar-refractivity contribution in [3.8, 4) is 5.75 Å². The van der Waals surface area contributed by atoms with E-state index in [-0.39, 0.29) is 6.04 Å². The van der Waals surface area contributed by atoms with Crippen molar-refractivity contribution in [2.45, 2.75) is 19.6 Å². The fraction of sp³-hybridized carbons (Fsp3) is 0.250. The molecule has 3 aromatic rings. The summed E-state index contributed by atoms with van der Waals surface area (Å²) in [5.74, 6) is 1.46. The smallest absolute Gasteiger partial charge is 0.234 e. The first-order valence-corrected chi connectivity index (χ1v) is 6.70. The van der Waals surface area contributed by atoms with Crippen LogP contribution in [0.25, 0.3) is 4.96 Å². The average molecular weight is 275 g/mol. The van der Waals surface area contributed by atoms with Gasteiger partial charge in [-0.1, -0.05) is 29.5 Å². The number of fused-ring (bicyclic) bond motifs is 1. The van der Waals surface area contributed by atoms with Gasteiger partial charge in [-0.3, -0.25) is 0 Å². The number of rotatable bonds is 4. The third-order valence-electron chi connectivity index (χ3n) is 2.57. The molecule has 0 saturated carbocycles. The van der Waals surface area contributed by atoms with E-state index >= 15 is 0 Å². The number of ether oxygens (including phenoxy) is 1. The lowest BCUT2D eigenvalue weighted by Crippen LogP contribution is -2.07. The van der Waals surface area contributed by atoms with E-state index in [4.69, 9.17) is 10.5 Å². The Morgan fingerprint density at radius 2 is 2.11 bits per heavy atom. The Morgan fingerprint density at radius 3 is 2.84 bits per heavy atom. The van der Waals surface area contributed by atoms with Crippen LogP contribution in [0.2, 0.25) is 0 Å². The van der Waals surface area contributed by atoms with Crippen LogP contribution in [0.15, 0.2) is 30.3 Å². The van der Waals surface area contributed by atoms with Crippen molar-refractivity contribution in [3.05, 3.63) is 41.2 Å². The summed E-state index contributed by atoms with van der Waals surface area (Å²) in [5, 5.41) is 13.4. The Labute approximate surface area is 113 Å². The molecule has 98 valence electrons. The van der Waals surface area contributed by atoms with Gasteiger partial charge >= 0.3 is 0 Å². The summed E-state index contributed by atoms with van der Waals surface area (Å²) in [4.78, 5) is 0.735. The molecular weight excluding hydrogens is 262 g/mol. The van der Waals surface area contributed by atoms with Crippen molar-refractivity contribution in [1.82, 2.24) is 19.8 Å². The molecule has 0 fully saturated rings.